The number of halogens is 1. The first kappa shape index (κ1) is 10.5. The van der Waals surface area contributed by atoms with Crippen molar-refractivity contribution in [3.8, 4) is 5.75 Å². The van der Waals surface area contributed by atoms with Gasteiger partial charge in [0.1, 0.15) is 24.0 Å². The Hall–Kier alpha value is -1.03. The summed E-state index contributed by atoms with van der Waals surface area (Å²) in [5, 5.41) is 0.589. The van der Waals surface area contributed by atoms with Crippen LogP contribution >= 0.6 is 15.9 Å². The van der Waals surface area contributed by atoms with Gasteiger partial charge in [-0.2, -0.15) is 0 Å². The summed E-state index contributed by atoms with van der Waals surface area (Å²) in [5.74, 6) is 0.335. The summed E-state index contributed by atoms with van der Waals surface area (Å²) in [6, 6.07) is 5.47. The first-order valence-corrected chi connectivity index (χ1v) is 5.84. The van der Waals surface area contributed by atoms with Crippen molar-refractivity contribution in [2.24, 2.45) is 0 Å². The zero-order valence-electron chi connectivity index (χ0n) is 8.33. The second-order valence-corrected chi connectivity index (χ2v) is 4.09. The van der Waals surface area contributed by atoms with Crippen LogP contribution in [0.4, 0.5) is 0 Å². The minimum atomic E-state index is -0.310. The average molecular weight is 271 g/mol. The molecule has 3 nitrogen and oxygen atoms in total. The van der Waals surface area contributed by atoms with Gasteiger partial charge < -0.3 is 9.47 Å². The summed E-state index contributed by atoms with van der Waals surface area (Å²) in [6.07, 6.45) is -0.218. The van der Waals surface area contributed by atoms with Gasteiger partial charge in [-0.15, -0.1) is 0 Å². The summed E-state index contributed by atoms with van der Waals surface area (Å²) < 4.78 is 10.8. The first-order valence-electron chi connectivity index (χ1n) is 4.71. The van der Waals surface area contributed by atoms with Crippen LogP contribution in [0.2, 0.25) is 0 Å². The minimum Gasteiger partial charge on any atom is -0.489 e. The fraction of sp³-hybridized carbons (Fsp3) is 0.364. The standard InChI is InChI=1S/C11H11BrO3/c1-7-3-2-4-9-10(7)14-6-8(5-12)15-11(9)13/h2-4,8H,5-6H2,1H3/t8-/m1/s1. The number of alkyl halides is 1. The molecule has 0 saturated heterocycles. The van der Waals surface area contributed by atoms with Crippen molar-refractivity contribution < 1.29 is 14.3 Å². The Morgan fingerprint density at radius 3 is 3.07 bits per heavy atom. The van der Waals surface area contributed by atoms with E-state index in [1.54, 1.807) is 6.07 Å². The number of carbonyl (C=O) groups excluding carboxylic acids is 1. The van der Waals surface area contributed by atoms with Crippen LogP contribution in [0.5, 0.6) is 5.75 Å². The monoisotopic (exact) mass is 270 g/mol. The Morgan fingerprint density at radius 2 is 2.33 bits per heavy atom. The van der Waals surface area contributed by atoms with Crippen molar-refractivity contribution in [3.63, 3.8) is 0 Å². The molecular weight excluding hydrogens is 260 g/mol. The van der Waals surface area contributed by atoms with Crippen LogP contribution in [-0.2, 0) is 4.74 Å². The van der Waals surface area contributed by atoms with Gasteiger partial charge in [-0.3, -0.25) is 0 Å². The topological polar surface area (TPSA) is 35.5 Å². The van der Waals surface area contributed by atoms with Gasteiger partial charge in [0.2, 0.25) is 0 Å². The molecule has 0 bridgehead atoms. The molecule has 1 aliphatic heterocycles. The molecule has 0 N–H and O–H groups in total. The van der Waals surface area contributed by atoms with E-state index in [9.17, 15) is 4.79 Å². The second kappa shape index (κ2) is 4.23. The molecule has 1 aromatic carbocycles. The molecule has 0 unspecified atom stereocenters. The maximum absolute atomic E-state index is 11.7. The van der Waals surface area contributed by atoms with Crippen LogP contribution < -0.4 is 4.74 Å². The van der Waals surface area contributed by atoms with Crippen molar-refractivity contribution in [3.05, 3.63) is 29.3 Å². The van der Waals surface area contributed by atoms with E-state index in [2.05, 4.69) is 15.9 Å². The molecule has 80 valence electrons. The smallest absolute Gasteiger partial charge is 0.342 e. The van der Waals surface area contributed by atoms with Crippen LogP contribution in [0.25, 0.3) is 0 Å². The Bertz CT molecular complexity index is 389. The lowest BCUT2D eigenvalue weighted by Gasteiger charge is -2.10. The number of carbonyl (C=O) groups is 1. The summed E-state index contributed by atoms with van der Waals surface area (Å²) in [7, 11) is 0. The van der Waals surface area contributed by atoms with Gasteiger partial charge in [0.15, 0.2) is 0 Å². The van der Waals surface area contributed by atoms with Gasteiger partial charge in [-0.05, 0) is 18.6 Å². The number of rotatable bonds is 1. The predicted octanol–water partition coefficient (Wildman–Crippen LogP) is 2.31. The van der Waals surface area contributed by atoms with Crippen LogP contribution in [0, 0.1) is 6.92 Å². The van der Waals surface area contributed by atoms with Crippen LogP contribution in [0.3, 0.4) is 0 Å². The van der Waals surface area contributed by atoms with Crippen molar-refractivity contribution >= 4 is 21.9 Å². The third-order valence-corrected chi connectivity index (χ3v) is 3.01. The van der Waals surface area contributed by atoms with E-state index in [4.69, 9.17) is 9.47 Å². The number of aryl methyl sites for hydroxylation is 1. The highest BCUT2D eigenvalue weighted by atomic mass is 79.9. The highest BCUT2D eigenvalue weighted by Gasteiger charge is 2.24. The Morgan fingerprint density at radius 1 is 1.53 bits per heavy atom. The number of benzene rings is 1. The molecule has 1 aliphatic rings. The molecule has 15 heavy (non-hydrogen) atoms. The predicted molar refractivity (Wildman–Crippen MR) is 59.7 cm³/mol. The largest absolute Gasteiger partial charge is 0.489 e. The Labute approximate surface area is 96.5 Å². The molecular formula is C11H11BrO3. The lowest BCUT2D eigenvalue weighted by atomic mass is 10.1. The van der Waals surface area contributed by atoms with Gasteiger partial charge in [-0.1, -0.05) is 28.1 Å². The molecule has 4 heteroatoms. The highest BCUT2D eigenvalue weighted by molar-refractivity contribution is 9.09. The van der Waals surface area contributed by atoms with E-state index >= 15 is 0 Å². The van der Waals surface area contributed by atoms with Crippen LogP contribution in [0.1, 0.15) is 15.9 Å². The van der Waals surface area contributed by atoms with Crippen LogP contribution in [0.15, 0.2) is 18.2 Å². The maximum atomic E-state index is 11.7. The van der Waals surface area contributed by atoms with Gasteiger partial charge in [0.05, 0.1) is 0 Å². The summed E-state index contributed by atoms with van der Waals surface area (Å²) in [4.78, 5) is 11.7. The van der Waals surface area contributed by atoms with Crippen molar-refractivity contribution in [2.75, 3.05) is 11.9 Å². The SMILES string of the molecule is Cc1cccc2c1OC[C@@H](CBr)OC2=O. The number of cyclic esters (lactones) is 1. The molecule has 1 aromatic rings. The third kappa shape index (κ3) is 2.00. The number of para-hydroxylation sites is 1. The van der Waals surface area contributed by atoms with Gasteiger partial charge >= 0.3 is 5.97 Å². The fourth-order valence-corrected chi connectivity index (χ4v) is 1.83. The zero-order valence-corrected chi connectivity index (χ0v) is 9.91. The summed E-state index contributed by atoms with van der Waals surface area (Å²) in [5.41, 5.74) is 1.47. The molecule has 0 fully saturated rings. The number of esters is 1. The molecule has 0 aliphatic carbocycles. The van der Waals surface area contributed by atoms with E-state index in [1.165, 1.54) is 0 Å². The first-order chi connectivity index (χ1) is 7.22. The molecule has 0 radical (unpaired) electrons. The van der Waals surface area contributed by atoms with Crippen molar-refractivity contribution in [2.45, 2.75) is 13.0 Å². The normalized spacial score (nSPS) is 19.9. The number of hydrogen-bond donors (Lipinski definition) is 0. The third-order valence-electron chi connectivity index (χ3n) is 2.29. The lowest BCUT2D eigenvalue weighted by molar-refractivity contribution is 0.0302. The minimum absolute atomic E-state index is 0.218. The van der Waals surface area contributed by atoms with E-state index in [1.807, 2.05) is 19.1 Å². The number of fused-ring (bicyclic) bond motifs is 1. The summed E-state index contributed by atoms with van der Waals surface area (Å²) in [6.45, 7) is 2.31. The molecule has 0 amide bonds. The summed E-state index contributed by atoms with van der Waals surface area (Å²) >= 11 is 3.28. The quantitative estimate of drug-likeness (QED) is 0.580. The molecule has 1 heterocycles. The lowest BCUT2D eigenvalue weighted by Crippen LogP contribution is -2.23. The molecule has 0 saturated carbocycles. The fourth-order valence-electron chi connectivity index (χ4n) is 1.51. The highest BCUT2D eigenvalue weighted by Crippen LogP contribution is 2.27. The molecule has 1 atom stereocenters. The van der Waals surface area contributed by atoms with E-state index < -0.39 is 0 Å². The van der Waals surface area contributed by atoms with Gasteiger partial charge in [0, 0.05) is 5.33 Å². The Kier molecular flexibility index (Phi) is 2.95. The van der Waals surface area contributed by atoms with Gasteiger partial charge in [-0.25, -0.2) is 4.79 Å². The zero-order chi connectivity index (χ0) is 10.8. The number of ether oxygens (including phenoxy) is 2. The average Bonchev–Trinajstić information content (AvgIpc) is 2.40. The molecule has 0 spiro atoms. The molecule has 2 rings (SSSR count). The van der Waals surface area contributed by atoms with E-state index in [0.29, 0.717) is 23.2 Å². The van der Waals surface area contributed by atoms with Crippen molar-refractivity contribution in [1.29, 1.82) is 0 Å². The van der Waals surface area contributed by atoms with E-state index in [0.717, 1.165) is 5.56 Å². The number of hydrogen-bond acceptors (Lipinski definition) is 3. The van der Waals surface area contributed by atoms with Crippen molar-refractivity contribution in [1.82, 2.24) is 0 Å². The van der Waals surface area contributed by atoms with Gasteiger partial charge in [0.25, 0.3) is 0 Å². The molecule has 0 aromatic heterocycles. The van der Waals surface area contributed by atoms with Crippen LogP contribution in [-0.4, -0.2) is 24.0 Å². The maximum Gasteiger partial charge on any atom is 0.342 e. The Balaban J connectivity index is 2.39. The van der Waals surface area contributed by atoms with E-state index in [-0.39, 0.29) is 12.1 Å². The second-order valence-electron chi connectivity index (χ2n) is 3.44.